The maximum absolute atomic E-state index is 13.7. The Morgan fingerprint density at radius 1 is 1.11 bits per heavy atom. The number of nitrogens with zero attached hydrogens (tertiary/aromatic N) is 4. The molecule has 0 bridgehead atoms. The van der Waals surface area contributed by atoms with Crippen LogP contribution in [0.25, 0.3) is 22.3 Å². The third kappa shape index (κ3) is 5.59. The van der Waals surface area contributed by atoms with Crippen molar-refractivity contribution in [1.82, 2.24) is 19.9 Å². The van der Waals surface area contributed by atoms with Crippen molar-refractivity contribution < 1.29 is 9.13 Å². The van der Waals surface area contributed by atoms with Gasteiger partial charge in [-0.3, -0.25) is 9.88 Å². The van der Waals surface area contributed by atoms with Crippen molar-refractivity contribution in [3.63, 3.8) is 0 Å². The Balaban J connectivity index is 1.47. The molecule has 0 aliphatic carbocycles. The Bertz CT molecular complexity index is 1310. The molecule has 0 saturated carbocycles. The summed E-state index contributed by atoms with van der Waals surface area (Å²) in [6.45, 7) is 5.86. The number of aryl methyl sites for hydroxylation is 1. The first kappa shape index (κ1) is 23.6. The average molecular weight is 492 g/mol. The van der Waals surface area contributed by atoms with Gasteiger partial charge >= 0.3 is 0 Å². The molecule has 35 heavy (non-hydrogen) atoms. The molecule has 1 saturated heterocycles. The van der Waals surface area contributed by atoms with Gasteiger partial charge in [0.1, 0.15) is 11.6 Å². The van der Waals surface area contributed by atoms with Gasteiger partial charge in [0, 0.05) is 48.2 Å². The Hall–Kier alpha value is -3.13. The van der Waals surface area contributed by atoms with Crippen LogP contribution in [0.1, 0.15) is 18.9 Å². The number of nitrogens with one attached hydrogen (secondary N) is 1. The van der Waals surface area contributed by atoms with E-state index in [1.165, 1.54) is 11.6 Å². The minimum absolute atomic E-state index is 0.0543. The Morgan fingerprint density at radius 2 is 1.97 bits per heavy atom. The number of fused-ring (bicyclic) bond motifs is 1. The Kier molecular flexibility index (Phi) is 7.18. The van der Waals surface area contributed by atoms with E-state index in [9.17, 15) is 4.39 Å². The van der Waals surface area contributed by atoms with Crippen LogP contribution >= 0.6 is 11.6 Å². The number of anilines is 2. The van der Waals surface area contributed by atoms with Crippen molar-refractivity contribution in [1.29, 1.82) is 0 Å². The second-order valence-corrected chi connectivity index (χ2v) is 9.19. The van der Waals surface area contributed by atoms with Gasteiger partial charge in [-0.1, -0.05) is 17.7 Å². The van der Waals surface area contributed by atoms with Crippen LogP contribution in [0.3, 0.4) is 0 Å². The number of hydrogen-bond donors (Lipinski definition) is 1. The van der Waals surface area contributed by atoms with Crippen LogP contribution in [0, 0.1) is 5.82 Å². The average Bonchev–Trinajstić information content (AvgIpc) is 2.90. The molecule has 2 aromatic carbocycles. The summed E-state index contributed by atoms with van der Waals surface area (Å²) in [7, 11) is 0. The molecule has 4 aromatic rings. The fourth-order valence-electron chi connectivity index (χ4n) is 4.34. The fourth-order valence-corrected chi connectivity index (χ4v) is 4.52. The van der Waals surface area contributed by atoms with Gasteiger partial charge in [-0.2, -0.15) is 0 Å². The standard InChI is InChI=1S/C27H27ClFN5O/c1-18(34-11-13-35-14-12-34)4-5-19-6-9-25-22(15-19)27(31-21-7-8-24(29)23(28)16-21)33-26(32-25)20-3-2-10-30-17-20/h2-3,6-10,15-18H,4-5,11-14H2,1H3,(H,31,32,33). The highest BCUT2D eigenvalue weighted by atomic mass is 35.5. The molecule has 0 radical (unpaired) electrons. The van der Waals surface area contributed by atoms with E-state index in [0.29, 0.717) is 23.4 Å². The third-order valence-corrected chi connectivity index (χ3v) is 6.67. The predicted molar refractivity (Wildman–Crippen MR) is 138 cm³/mol. The molecule has 1 unspecified atom stereocenters. The highest BCUT2D eigenvalue weighted by molar-refractivity contribution is 6.31. The largest absolute Gasteiger partial charge is 0.379 e. The molecule has 0 amide bonds. The highest BCUT2D eigenvalue weighted by Crippen LogP contribution is 2.30. The van der Waals surface area contributed by atoms with E-state index in [-0.39, 0.29) is 5.02 Å². The Morgan fingerprint density at radius 3 is 2.74 bits per heavy atom. The van der Waals surface area contributed by atoms with Crippen LogP contribution in [0.15, 0.2) is 60.9 Å². The molecule has 1 atom stereocenters. The molecule has 0 spiro atoms. The van der Waals surface area contributed by atoms with E-state index < -0.39 is 5.82 Å². The first-order chi connectivity index (χ1) is 17.1. The first-order valence-electron chi connectivity index (χ1n) is 11.8. The second-order valence-electron chi connectivity index (χ2n) is 8.78. The molecule has 6 nitrogen and oxygen atoms in total. The molecule has 2 aromatic heterocycles. The van der Waals surface area contributed by atoms with Gasteiger partial charge in [0.15, 0.2) is 5.82 Å². The van der Waals surface area contributed by atoms with E-state index in [2.05, 4.69) is 34.3 Å². The summed E-state index contributed by atoms with van der Waals surface area (Å²) in [6.07, 6.45) is 5.45. The maximum Gasteiger partial charge on any atom is 0.163 e. The SMILES string of the molecule is CC(CCc1ccc2nc(-c3cccnc3)nc(Nc3ccc(F)c(Cl)c3)c2c1)N1CCOCC1. The van der Waals surface area contributed by atoms with Crippen molar-refractivity contribution >= 4 is 34.0 Å². The smallest absolute Gasteiger partial charge is 0.163 e. The van der Waals surface area contributed by atoms with E-state index in [4.69, 9.17) is 26.3 Å². The van der Waals surface area contributed by atoms with Crippen molar-refractivity contribution in [2.45, 2.75) is 25.8 Å². The first-order valence-corrected chi connectivity index (χ1v) is 12.2. The van der Waals surface area contributed by atoms with Gasteiger partial charge in [-0.25, -0.2) is 14.4 Å². The number of pyridine rings is 1. The second kappa shape index (κ2) is 10.6. The third-order valence-electron chi connectivity index (χ3n) is 6.38. The van der Waals surface area contributed by atoms with Gasteiger partial charge in [-0.15, -0.1) is 0 Å². The molecule has 180 valence electrons. The summed E-state index contributed by atoms with van der Waals surface area (Å²) in [6, 6.07) is 15.1. The van der Waals surface area contributed by atoms with E-state index in [1.807, 2.05) is 18.2 Å². The lowest BCUT2D eigenvalue weighted by atomic mass is 10.0. The van der Waals surface area contributed by atoms with Gasteiger partial charge in [0.25, 0.3) is 0 Å². The van der Waals surface area contributed by atoms with Gasteiger partial charge in [0.2, 0.25) is 0 Å². The molecule has 1 aliphatic rings. The molecule has 1 fully saturated rings. The highest BCUT2D eigenvalue weighted by Gasteiger charge is 2.17. The van der Waals surface area contributed by atoms with E-state index >= 15 is 0 Å². The zero-order chi connectivity index (χ0) is 24.2. The number of aromatic nitrogens is 3. The minimum atomic E-state index is -0.461. The maximum atomic E-state index is 13.7. The van der Waals surface area contributed by atoms with Gasteiger partial charge in [0.05, 0.1) is 23.8 Å². The van der Waals surface area contributed by atoms with Gasteiger partial charge in [-0.05, 0) is 67.8 Å². The van der Waals surface area contributed by atoms with E-state index in [1.54, 1.807) is 24.5 Å². The summed E-state index contributed by atoms with van der Waals surface area (Å²) in [5.41, 5.74) is 3.51. The van der Waals surface area contributed by atoms with E-state index in [0.717, 1.165) is 55.6 Å². The van der Waals surface area contributed by atoms with Crippen LogP contribution in [-0.4, -0.2) is 52.2 Å². The quantitative estimate of drug-likeness (QED) is 0.348. The van der Waals surface area contributed by atoms with Crippen LogP contribution in [-0.2, 0) is 11.2 Å². The summed E-state index contributed by atoms with van der Waals surface area (Å²) in [4.78, 5) is 16.3. The number of hydrogen-bond acceptors (Lipinski definition) is 6. The number of ether oxygens (including phenoxy) is 1. The molecule has 1 aliphatic heterocycles. The number of halogens is 2. The number of rotatable bonds is 7. The molecule has 1 N–H and O–H groups in total. The molecule has 8 heteroatoms. The topological polar surface area (TPSA) is 63.2 Å². The van der Waals surface area contributed by atoms with Crippen molar-refractivity contribution in [3.8, 4) is 11.4 Å². The lowest BCUT2D eigenvalue weighted by Crippen LogP contribution is -2.42. The van der Waals surface area contributed by atoms with Crippen LogP contribution < -0.4 is 5.32 Å². The normalized spacial score (nSPS) is 15.3. The van der Waals surface area contributed by atoms with Crippen LogP contribution in [0.4, 0.5) is 15.9 Å². The zero-order valence-electron chi connectivity index (χ0n) is 19.5. The van der Waals surface area contributed by atoms with Crippen LogP contribution in [0.5, 0.6) is 0 Å². The van der Waals surface area contributed by atoms with Crippen molar-refractivity contribution in [2.24, 2.45) is 0 Å². The number of morpholine rings is 1. The summed E-state index contributed by atoms with van der Waals surface area (Å²) >= 11 is 6.02. The summed E-state index contributed by atoms with van der Waals surface area (Å²) in [5.74, 6) is 0.743. The van der Waals surface area contributed by atoms with Crippen molar-refractivity contribution in [3.05, 3.63) is 77.3 Å². The molecular formula is C27H27ClFN5O. The monoisotopic (exact) mass is 491 g/mol. The minimum Gasteiger partial charge on any atom is -0.379 e. The molecule has 5 rings (SSSR count). The number of benzene rings is 2. The van der Waals surface area contributed by atoms with Crippen LogP contribution in [0.2, 0.25) is 5.02 Å². The lowest BCUT2D eigenvalue weighted by Gasteiger charge is -2.32. The van der Waals surface area contributed by atoms with Crippen molar-refractivity contribution in [2.75, 3.05) is 31.6 Å². The molecule has 3 heterocycles. The van der Waals surface area contributed by atoms with Gasteiger partial charge < -0.3 is 10.1 Å². The lowest BCUT2D eigenvalue weighted by molar-refractivity contribution is 0.0187. The molecular weight excluding hydrogens is 465 g/mol. The predicted octanol–water partition coefficient (Wildman–Crippen LogP) is 5.88. The fraction of sp³-hybridized carbons (Fsp3) is 0.296. The Labute approximate surface area is 209 Å². The summed E-state index contributed by atoms with van der Waals surface area (Å²) < 4.78 is 19.2. The summed E-state index contributed by atoms with van der Waals surface area (Å²) in [5, 5.41) is 4.28. The zero-order valence-corrected chi connectivity index (χ0v) is 20.3.